The van der Waals surface area contributed by atoms with E-state index in [-0.39, 0.29) is 16.9 Å². The van der Waals surface area contributed by atoms with Gasteiger partial charge in [0, 0.05) is 11.0 Å². The van der Waals surface area contributed by atoms with Gasteiger partial charge in [-0.1, -0.05) is 41.9 Å². The van der Waals surface area contributed by atoms with Crippen molar-refractivity contribution < 1.29 is 24.5 Å². The average molecular weight is 517 g/mol. The lowest BCUT2D eigenvalue weighted by atomic mass is 9.95. The van der Waals surface area contributed by atoms with Crippen molar-refractivity contribution in [2.24, 2.45) is 0 Å². The first-order chi connectivity index (χ1) is 15.8. The number of Topliss-reactive ketones (excluding diaryl/α,β-unsaturated/α-hetero) is 1. The molecule has 1 aliphatic rings. The SMILES string of the molecule is CCN(CC)CCCN1C(=O)C(=O)C(=C(O)c2cc(Br)ccc2O)C1c1cccc(OC)c1. The molecule has 2 aromatic rings. The molecule has 7 nitrogen and oxygen atoms in total. The molecule has 8 heteroatoms. The summed E-state index contributed by atoms with van der Waals surface area (Å²) in [5.41, 5.74) is 0.676. The summed E-state index contributed by atoms with van der Waals surface area (Å²) in [4.78, 5) is 29.9. The Morgan fingerprint density at radius 2 is 1.88 bits per heavy atom. The summed E-state index contributed by atoms with van der Waals surface area (Å²) in [6, 6.07) is 10.9. The van der Waals surface area contributed by atoms with Crippen LogP contribution in [0.3, 0.4) is 0 Å². The van der Waals surface area contributed by atoms with Gasteiger partial charge < -0.3 is 24.7 Å². The molecular weight excluding hydrogens is 488 g/mol. The van der Waals surface area contributed by atoms with E-state index in [0.29, 0.717) is 28.8 Å². The molecule has 2 N–H and O–H groups in total. The monoisotopic (exact) mass is 516 g/mol. The molecule has 0 bridgehead atoms. The number of amides is 1. The highest BCUT2D eigenvalue weighted by atomic mass is 79.9. The number of aromatic hydroxyl groups is 1. The maximum absolute atomic E-state index is 13.1. The molecule has 1 fully saturated rings. The van der Waals surface area contributed by atoms with E-state index in [1.807, 2.05) is 0 Å². The summed E-state index contributed by atoms with van der Waals surface area (Å²) < 4.78 is 5.96. The largest absolute Gasteiger partial charge is 0.507 e. The van der Waals surface area contributed by atoms with E-state index in [1.54, 1.807) is 37.4 Å². The van der Waals surface area contributed by atoms with Gasteiger partial charge in [0.15, 0.2) is 0 Å². The maximum Gasteiger partial charge on any atom is 0.295 e. The van der Waals surface area contributed by atoms with E-state index in [2.05, 4.69) is 34.7 Å². The first kappa shape index (κ1) is 24.8. The van der Waals surface area contributed by atoms with Gasteiger partial charge in [-0.3, -0.25) is 9.59 Å². The van der Waals surface area contributed by atoms with E-state index in [4.69, 9.17) is 4.74 Å². The fourth-order valence-corrected chi connectivity index (χ4v) is 4.48. The Hall–Kier alpha value is -2.84. The van der Waals surface area contributed by atoms with Gasteiger partial charge >= 0.3 is 0 Å². The molecule has 1 aliphatic heterocycles. The molecule has 0 aliphatic carbocycles. The highest BCUT2D eigenvalue weighted by molar-refractivity contribution is 9.10. The van der Waals surface area contributed by atoms with Gasteiger partial charge in [0.25, 0.3) is 11.7 Å². The second-order valence-electron chi connectivity index (χ2n) is 7.81. The first-order valence-electron chi connectivity index (χ1n) is 11.0. The normalized spacial score (nSPS) is 17.7. The lowest BCUT2D eigenvalue weighted by Crippen LogP contribution is -2.33. The third-order valence-corrected chi connectivity index (χ3v) is 6.42. The Balaban J connectivity index is 2.09. The number of aliphatic hydroxyl groups is 1. The number of rotatable bonds is 9. The number of phenols is 1. The number of aliphatic hydroxyl groups excluding tert-OH is 1. The van der Waals surface area contributed by atoms with Crippen LogP contribution in [0.2, 0.25) is 0 Å². The molecule has 0 spiro atoms. The summed E-state index contributed by atoms with van der Waals surface area (Å²) in [6.45, 7) is 7.10. The van der Waals surface area contributed by atoms with Crippen LogP contribution in [-0.2, 0) is 9.59 Å². The number of ketones is 1. The zero-order valence-electron chi connectivity index (χ0n) is 19.0. The van der Waals surface area contributed by atoms with Crippen LogP contribution >= 0.6 is 15.9 Å². The number of carbonyl (C=O) groups excluding carboxylic acids is 2. The predicted octanol–water partition coefficient (Wildman–Crippen LogP) is 4.32. The molecule has 1 unspecified atom stereocenters. The molecule has 1 amide bonds. The predicted molar refractivity (Wildman–Crippen MR) is 130 cm³/mol. The molecule has 0 saturated carbocycles. The molecule has 0 radical (unpaired) electrons. The number of halogens is 1. The standard InChI is InChI=1S/C25H29BrN2O5/c1-4-27(5-2)12-7-13-28-22(16-8-6-9-18(14-16)33-3)21(24(31)25(28)32)23(30)19-15-17(26)10-11-20(19)29/h6,8-11,14-15,22,29-30H,4-5,7,12-13H2,1-3H3. The minimum absolute atomic E-state index is 0.0514. The van der Waals surface area contributed by atoms with Gasteiger partial charge in [-0.2, -0.15) is 0 Å². The van der Waals surface area contributed by atoms with Gasteiger partial charge in [0.05, 0.1) is 24.3 Å². The van der Waals surface area contributed by atoms with E-state index >= 15 is 0 Å². The highest BCUT2D eigenvalue weighted by Gasteiger charge is 2.46. The minimum atomic E-state index is -0.796. The van der Waals surface area contributed by atoms with Crippen LogP contribution in [0.15, 0.2) is 52.5 Å². The number of likely N-dealkylation sites (tertiary alicyclic amines) is 1. The molecule has 2 aromatic carbocycles. The van der Waals surface area contributed by atoms with Gasteiger partial charge in [0.2, 0.25) is 0 Å². The minimum Gasteiger partial charge on any atom is -0.507 e. The Morgan fingerprint density at radius 3 is 2.55 bits per heavy atom. The fraction of sp³-hybridized carbons (Fsp3) is 0.360. The number of carbonyl (C=O) groups is 2. The Kier molecular flexibility index (Phi) is 8.15. The van der Waals surface area contributed by atoms with Crippen LogP contribution in [0, 0.1) is 0 Å². The smallest absolute Gasteiger partial charge is 0.295 e. The van der Waals surface area contributed by atoms with E-state index in [9.17, 15) is 19.8 Å². The van der Waals surface area contributed by atoms with Crippen molar-refractivity contribution in [2.45, 2.75) is 26.3 Å². The second kappa shape index (κ2) is 10.9. The van der Waals surface area contributed by atoms with Gasteiger partial charge in [-0.05, 0) is 62.0 Å². The van der Waals surface area contributed by atoms with E-state index < -0.39 is 23.5 Å². The average Bonchev–Trinajstić information content (AvgIpc) is 3.08. The summed E-state index contributed by atoms with van der Waals surface area (Å²) in [7, 11) is 1.54. The summed E-state index contributed by atoms with van der Waals surface area (Å²) in [5, 5.41) is 21.5. The van der Waals surface area contributed by atoms with Crippen LogP contribution < -0.4 is 4.74 Å². The van der Waals surface area contributed by atoms with Crippen molar-refractivity contribution in [3.63, 3.8) is 0 Å². The summed E-state index contributed by atoms with van der Waals surface area (Å²) in [6.07, 6.45) is 0.678. The van der Waals surface area contributed by atoms with Crippen molar-refractivity contribution in [1.82, 2.24) is 9.80 Å². The van der Waals surface area contributed by atoms with E-state index in [1.165, 1.54) is 17.0 Å². The molecule has 1 saturated heterocycles. The molecule has 0 aromatic heterocycles. The topological polar surface area (TPSA) is 90.3 Å². The number of hydrogen-bond donors (Lipinski definition) is 2. The zero-order valence-corrected chi connectivity index (χ0v) is 20.6. The second-order valence-corrected chi connectivity index (χ2v) is 8.73. The molecule has 176 valence electrons. The number of ether oxygens (including phenoxy) is 1. The molecule has 1 heterocycles. The van der Waals surface area contributed by atoms with E-state index in [0.717, 1.165) is 19.6 Å². The van der Waals surface area contributed by atoms with Crippen molar-refractivity contribution >= 4 is 33.4 Å². The van der Waals surface area contributed by atoms with Crippen molar-refractivity contribution in [3.05, 3.63) is 63.6 Å². The molecular formula is C25H29BrN2O5. The fourth-order valence-electron chi connectivity index (χ4n) is 4.12. The first-order valence-corrected chi connectivity index (χ1v) is 11.7. The van der Waals surface area contributed by atoms with Crippen LogP contribution in [0.25, 0.3) is 5.76 Å². The Bertz CT molecular complexity index is 1060. The molecule has 1 atom stereocenters. The quantitative estimate of drug-likeness (QED) is 0.293. The number of benzene rings is 2. The van der Waals surface area contributed by atoms with Crippen molar-refractivity contribution in [1.29, 1.82) is 0 Å². The highest BCUT2D eigenvalue weighted by Crippen LogP contribution is 2.42. The van der Waals surface area contributed by atoms with Gasteiger partial charge in [0.1, 0.15) is 17.3 Å². The third kappa shape index (κ3) is 5.23. The molecule has 33 heavy (non-hydrogen) atoms. The zero-order chi connectivity index (χ0) is 24.1. The lowest BCUT2D eigenvalue weighted by molar-refractivity contribution is -0.140. The Morgan fingerprint density at radius 1 is 1.15 bits per heavy atom. The van der Waals surface area contributed by atoms with Crippen LogP contribution in [0.4, 0.5) is 0 Å². The van der Waals surface area contributed by atoms with Crippen molar-refractivity contribution in [3.8, 4) is 11.5 Å². The number of nitrogens with zero attached hydrogens (tertiary/aromatic N) is 2. The van der Waals surface area contributed by atoms with Gasteiger partial charge in [-0.25, -0.2) is 0 Å². The van der Waals surface area contributed by atoms with Crippen LogP contribution in [0.5, 0.6) is 11.5 Å². The van der Waals surface area contributed by atoms with Crippen molar-refractivity contribution in [2.75, 3.05) is 33.3 Å². The third-order valence-electron chi connectivity index (χ3n) is 5.93. The van der Waals surface area contributed by atoms with Crippen LogP contribution in [-0.4, -0.2) is 65.0 Å². The van der Waals surface area contributed by atoms with Crippen LogP contribution in [0.1, 0.15) is 37.4 Å². The lowest BCUT2D eigenvalue weighted by Gasteiger charge is -2.27. The van der Waals surface area contributed by atoms with Gasteiger partial charge in [-0.15, -0.1) is 0 Å². The Labute approximate surface area is 202 Å². The maximum atomic E-state index is 13.1. The number of methoxy groups -OCH3 is 1. The number of hydrogen-bond acceptors (Lipinski definition) is 6. The summed E-state index contributed by atoms with van der Waals surface area (Å²) >= 11 is 3.32. The summed E-state index contributed by atoms with van der Waals surface area (Å²) in [5.74, 6) is -1.47. The number of phenolic OH excluding ortho intramolecular Hbond substituents is 1. The molecule has 3 rings (SSSR count).